The third-order valence-electron chi connectivity index (χ3n) is 5.85. The van der Waals surface area contributed by atoms with E-state index in [4.69, 9.17) is 0 Å². The first-order chi connectivity index (χ1) is 15.1. The lowest BCUT2D eigenvalue weighted by Gasteiger charge is -2.23. The van der Waals surface area contributed by atoms with Crippen molar-refractivity contribution in [1.82, 2.24) is 14.9 Å². The zero-order chi connectivity index (χ0) is 21.6. The molecular formula is C25H28N4O2. The van der Waals surface area contributed by atoms with Crippen LogP contribution in [0.1, 0.15) is 64.2 Å². The Morgan fingerprint density at radius 2 is 1.74 bits per heavy atom. The van der Waals surface area contributed by atoms with E-state index in [1.807, 2.05) is 49.5 Å². The second kappa shape index (κ2) is 9.60. The summed E-state index contributed by atoms with van der Waals surface area (Å²) in [6.45, 7) is 2.67. The Morgan fingerprint density at radius 1 is 1.00 bits per heavy atom. The van der Waals surface area contributed by atoms with E-state index in [9.17, 15) is 9.59 Å². The number of nitrogens with one attached hydrogen (secondary N) is 2. The molecule has 0 radical (unpaired) electrons. The van der Waals surface area contributed by atoms with E-state index in [-0.39, 0.29) is 17.9 Å². The van der Waals surface area contributed by atoms with Crippen molar-refractivity contribution >= 4 is 17.5 Å². The second-order valence-electron chi connectivity index (χ2n) is 8.11. The number of rotatable bonds is 6. The van der Waals surface area contributed by atoms with Crippen LogP contribution in [0.3, 0.4) is 0 Å². The van der Waals surface area contributed by atoms with Crippen molar-refractivity contribution in [3.8, 4) is 0 Å². The van der Waals surface area contributed by atoms with Gasteiger partial charge in [-0.15, -0.1) is 0 Å². The summed E-state index contributed by atoms with van der Waals surface area (Å²) in [4.78, 5) is 29.8. The number of nitrogens with zero attached hydrogens (tertiary/aromatic N) is 2. The zero-order valence-corrected chi connectivity index (χ0v) is 17.8. The number of anilines is 1. The predicted molar refractivity (Wildman–Crippen MR) is 121 cm³/mol. The van der Waals surface area contributed by atoms with Gasteiger partial charge in [-0.2, -0.15) is 0 Å². The highest BCUT2D eigenvalue weighted by molar-refractivity contribution is 6.09. The van der Waals surface area contributed by atoms with E-state index in [1.165, 1.54) is 6.42 Å². The first-order valence-corrected chi connectivity index (χ1v) is 10.9. The largest absolute Gasteiger partial charge is 0.349 e. The molecule has 1 aliphatic carbocycles. The van der Waals surface area contributed by atoms with Gasteiger partial charge in [0.05, 0.1) is 11.3 Å². The van der Waals surface area contributed by atoms with Gasteiger partial charge in [0, 0.05) is 30.5 Å². The number of aromatic nitrogens is 2. The minimum Gasteiger partial charge on any atom is -0.349 e. The van der Waals surface area contributed by atoms with E-state index in [0.29, 0.717) is 23.4 Å². The van der Waals surface area contributed by atoms with Gasteiger partial charge >= 0.3 is 0 Å². The summed E-state index contributed by atoms with van der Waals surface area (Å²) in [5, 5.41) is 6.03. The lowest BCUT2D eigenvalue weighted by Crippen LogP contribution is -2.36. The van der Waals surface area contributed by atoms with E-state index in [2.05, 4.69) is 20.2 Å². The average Bonchev–Trinajstić information content (AvgIpc) is 3.19. The van der Waals surface area contributed by atoms with Crippen molar-refractivity contribution in [2.75, 3.05) is 5.32 Å². The molecule has 2 N–H and O–H groups in total. The molecule has 0 saturated heterocycles. The highest BCUT2D eigenvalue weighted by atomic mass is 16.2. The molecule has 4 rings (SSSR count). The van der Waals surface area contributed by atoms with Crippen LogP contribution in [0.5, 0.6) is 0 Å². The van der Waals surface area contributed by atoms with E-state index in [0.717, 1.165) is 37.1 Å². The molecule has 1 aliphatic rings. The lowest BCUT2D eigenvalue weighted by atomic mass is 9.95. The summed E-state index contributed by atoms with van der Waals surface area (Å²) in [7, 11) is 0. The number of carbonyl (C=O) groups is 2. The second-order valence-corrected chi connectivity index (χ2v) is 8.11. The molecule has 1 saturated carbocycles. The van der Waals surface area contributed by atoms with Gasteiger partial charge < -0.3 is 15.2 Å². The Labute approximate surface area is 182 Å². The lowest BCUT2D eigenvalue weighted by molar-refractivity contribution is 0.0928. The molecule has 1 heterocycles. The first kappa shape index (κ1) is 20.8. The van der Waals surface area contributed by atoms with Gasteiger partial charge in [-0.25, -0.2) is 4.98 Å². The molecule has 3 aromatic rings. The molecule has 0 spiro atoms. The Hall–Kier alpha value is -3.41. The third kappa shape index (κ3) is 5.20. The van der Waals surface area contributed by atoms with Gasteiger partial charge in [-0.3, -0.25) is 9.59 Å². The van der Waals surface area contributed by atoms with Crippen molar-refractivity contribution in [2.45, 2.75) is 51.6 Å². The standard InChI is InChI=1S/C25H28N4O2/c1-18-26-15-16-29(18)17-19-11-13-20(14-12-19)24(30)28-23-10-6-5-9-22(23)25(31)27-21-7-3-2-4-8-21/h5-6,9-16,21H,2-4,7-8,17H2,1H3,(H,27,31)(H,28,30). The van der Waals surface area contributed by atoms with Gasteiger partial charge in [-0.1, -0.05) is 43.5 Å². The molecule has 6 heteroatoms. The smallest absolute Gasteiger partial charge is 0.255 e. The summed E-state index contributed by atoms with van der Waals surface area (Å²) in [5.74, 6) is 0.585. The Bertz CT molecular complexity index is 1050. The molecule has 0 unspecified atom stereocenters. The highest BCUT2D eigenvalue weighted by Gasteiger charge is 2.19. The van der Waals surface area contributed by atoms with Crippen LogP contribution in [0.15, 0.2) is 60.9 Å². The summed E-state index contributed by atoms with van der Waals surface area (Å²) in [6.07, 6.45) is 9.29. The van der Waals surface area contributed by atoms with E-state index in [1.54, 1.807) is 18.3 Å². The molecular weight excluding hydrogens is 388 g/mol. The minimum absolute atomic E-state index is 0.131. The van der Waals surface area contributed by atoms with Crippen molar-refractivity contribution < 1.29 is 9.59 Å². The van der Waals surface area contributed by atoms with Crippen LogP contribution in [0.25, 0.3) is 0 Å². The highest BCUT2D eigenvalue weighted by Crippen LogP contribution is 2.20. The van der Waals surface area contributed by atoms with Gasteiger partial charge in [0.25, 0.3) is 11.8 Å². The molecule has 2 amide bonds. The molecule has 0 bridgehead atoms. The molecule has 1 fully saturated rings. The number of carbonyl (C=O) groups excluding carboxylic acids is 2. The maximum Gasteiger partial charge on any atom is 0.255 e. The SMILES string of the molecule is Cc1nccn1Cc1ccc(C(=O)Nc2ccccc2C(=O)NC2CCCCC2)cc1. The van der Waals surface area contributed by atoms with E-state index < -0.39 is 0 Å². The maximum absolute atomic E-state index is 12.8. The number of aryl methyl sites for hydroxylation is 1. The number of amides is 2. The average molecular weight is 417 g/mol. The predicted octanol–water partition coefficient (Wildman–Crippen LogP) is 4.55. The summed E-state index contributed by atoms with van der Waals surface area (Å²) < 4.78 is 2.05. The summed E-state index contributed by atoms with van der Waals surface area (Å²) >= 11 is 0. The molecule has 160 valence electrons. The van der Waals surface area contributed by atoms with Crippen LogP contribution < -0.4 is 10.6 Å². The van der Waals surface area contributed by atoms with Crippen LogP contribution in [0.4, 0.5) is 5.69 Å². The van der Waals surface area contributed by atoms with Crippen molar-refractivity contribution in [3.05, 3.63) is 83.4 Å². The van der Waals surface area contributed by atoms with Crippen LogP contribution in [-0.2, 0) is 6.54 Å². The van der Waals surface area contributed by atoms with Gasteiger partial charge in [0.1, 0.15) is 5.82 Å². The van der Waals surface area contributed by atoms with E-state index >= 15 is 0 Å². The summed E-state index contributed by atoms with van der Waals surface area (Å²) in [5.41, 5.74) is 2.66. The molecule has 2 aromatic carbocycles. The fourth-order valence-corrected chi connectivity index (χ4v) is 4.02. The Kier molecular flexibility index (Phi) is 6.46. The number of para-hydroxylation sites is 1. The summed E-state index contributed by atoms with van der Waals surface area (Å²) in [6, 6.07) is 14.9. The van der Waals surface area contributed by atoms with Crippen molar-refractivity contribution in [3.63, 3.8) is 0 Å². The molecule has 6 nitrogen and oxygen atoms in total. The third-order valence-corrected chi connectivity index (χ3v) is 5.85. The fourth-order valence-electron chi connectivity index (χ4n) is 4.02. The normalized spacial score (nSPS) is 14.2. The van der Waals surface area contributed by atoms with Crippen LogP contribution >= 0.6 is 0 Å². The molecule has 0 aliphatic heterocycles. The van der Waals surface area contributed by atoms with Gasteiger partial charge in [0.2, 0.25) is 0 Å². The van der Waals surface area contributed by atoms with Gasteiger partial charge in [0.15, 0.2) is 0 Å². The quantitative estimate of drug-likeness (QED) is 0.619. The maximum atomic E-state index is 12.8. The van der Waals surface area contributed by atoms with Crippen LogP contribution in [0, 0.1) is 6.92 Å². The number of benzene rings is 2. The number of hydrogen-bond acceptors (Lipinski definition) is 3. The zero-order valence-electron chi connectivity index (χ0n) is 17.8. The fraction of sp³-hybridized carbons (Fsp3) is 0.320. The molecule has 0 atom stereocenters. The van der Waals surface area contributed by atoms with Gasteiger partial charge in [-0.05, 0) is 49.6 Å². The molecule has 1 aromatic heterocycles. The number of hydrogen-bond donors (Lipinski definition) is 2. The molecule has 31 heavy (non-hydrogen) atoms. The van der Waals surface area contributed by atoms with Crippen LogP contribution in [0.2, 0.25) is 0 Å². The monoisotopic (exact) mass is 416 g/mol. The Morgan fingerprint density at radius 3 is 2.45 bits per heavy atom. The topological polar surface area (TPSA) is 76.0 Å². The first-order valence-electron chi connectivity index (χ1n) is 10.9. The number of imidazole rings is 1. The minimum atomic E-state index is -0.233. The van der Waals surface area contributed by atoms with Crippen LogP contribution in [-0.4, -0.2) is 27.4 Å². The van der Waals surface area contributed by atoms with Crippen molar-refractivity contribution in [2.24, 2.45) is 0 Å². The Balaban J connectivity index is 1.42. The van der Waals surface area contributed by atoms with Crippen molar-refractivity contribution in [1.29, 1.82) is 0 Å².